The predicted molar refractivity (Wildman–Crippen MR) is 102 cm³/mol. The Morgan fingerprint density at radius 2 is 1.77 bits per heavy atom. The maximum absolute atomic E-state index is 14.8. The van der Waals surface area contributed by atoms with Crippen LogP contribution in [0, 0.1) is 11.6 Å². The highest BCUT2D eigenvalue weighted by atomic mass is 35.5. The summed E-state index contributed by atoms with van der Waals surface area (Å²) in [7, 11) is 0. The van der Waals surface area contributed by atoms with Gasteiger partial charge in [-0.1, -0.05) is 47.1 Å². The normalized spacial score (nSPS) is 11.2. The van der Waals surface area contributed by atoms with E-state index >= 15 is 0 Å². The second-order valence-corrected chi connectivity index (χ2v) is 7.27. The Morgan fingerprint density at radius 1 is 0.962 bits per heavy atom. The lowest BCUT2D eigenvalue weighted by atomic mass is 10.2. The first-order chi connectivity index (χ1) is 12.6. The Morgan fingerprint density at radius 3 is 2.50 bits per heavy atom. The molecule has 0 saturated heterocycles. The van der Waals surface area contributed by atoms with Crippen molar-refractivity contribution in [1.82, 2.24) is 9.55 Å². The lowest BCUT2D eigenvalue weighted by molar-refractivity contribution is 0.602. The molecule has 0 aliphatic carbocycles. The van der Waals surface area contributed by atoms with Gasteiger partial charge < -0.3 is 0 Å². The second-order valence-electron chi connectivity index (χ2n) is 5.46. The van der Waals surface area contributed by atoms with Crippen LogP contribution in [-0.4, -0.2) is 9.55 Å². The van der Waals surface area contributed by atoms with Crippen molar-refractivity contribution >= 4 is 45.9 Å². The standard InChI is InChI=1S/C19H10Cl2F2N2S/c20-13-8-7-12-17(16(13)23)25(11-4-3-9-24-10-11)19(21)18(12)26-15-6-2-1-5-14(15)22/h1-10H. The molecule has 26 heavy (non-hydrogen) atoms. The van der Waals surface area contributed by atoms with Crippen molar-refractivity contribution in [2.45, 2.75) is 9.79 Å². The zero-order chi connectivity index (χ0) is 18.3. The molecule has 130 valence electrons. The maximum Gasteiger partial charge on any atom is 0.166 e. The largest absolute Gasteiger partial charge is 0.295 e. The van der Waals surface area contributed by atoms with Crippen LogP contribution in [0.5, 0.6) is 0 Å². The van der Waals surface area contributed by atoms with Gasteiger partial charge in [0, 0.05) is 16.5 Å². The Balaban J connectivity index is 2.02. The van der Waals surface area contributed by atoms with E-state index in [0.29, 0.717) is 20.9 Å². The van der Waals surface area contributed by atoms with Crippen LogP contribution in [0.4, 0.5) is 8.78 Å². The van der Waals surface area contributed by atoms with E-state index < -0.39 is 5.82 Å². The zero-order valence-corrected chi connectivity index (χ0v) is 15.4. The van der Waals surface area contributed by atoms with E-state index in [2.05, 4.69) is 4.98 Å². The van der Waals surface area contributed by atoms with Crippen LogP contribution in [0.25, 0.3) is 16.6 Å². The van der Waals surface area contributed by atoms with Crippen LogP contribution in [-0.2, 0) is 0 Å². The van der Waals surface area contributed by atoms with Crippen LogP contribution in [0.3, 0.4) is 0 Å². The number of fused-ring (bicyclic) bond motifs is 1. The molecule has 0 N–H and O–H groups in total. The first-order valence-corrected chi connectivity index (χ1v) is 9.16. The number of pyridine rings is 1. The number of benzene rings is 2. The minimum absolute atomic E-state index is 0.0146. The number of nitrogens with zero attached hydrogens (tertiary/aromatic N) is 2. The summed E-state index contributed by atoms with van der Waals surface area (Å²) in [6.45, 7) is 0. The van der Waals surface area contributed by atoms with Crippen LogP contribution in [0.15, 0.2) is 70.7 Å². The van der Waals surface area contributed by atoms with Crippen molar-refractivity contribution in [3.05, 3.63) is 82.7 Å². The van der Waals surface area contributed by atoms with Gasteiger partial charge in [0.1, 0.15) is 11.0 Å². The van der Waals surface area contributed by atoms with Crippen molar-refractivity contribution in [3.63, 3.8) is 0 Å². The zero-order valence-electron chi connectivity index (χ0n) is 13.1. The summed E-state index contributed by atoms with van der Waals surface area (Å²) in [6, 6.07) is 13.0. The van der Waals surface area contributed by atoms with Crippen LogP contribution in [0.2, 0.25) is 10.2 Å². The molecular formula is C19H10Cl2F2N2S. The van der Waals surface area contributed by atoms with E-state index in [9.17, 15) is 8.78 Å². The number of halogens is 4. The molecule has 4 rings (SSSR count). The lowest BCUT2D eigenvalue weighted by Gasteiger charge is -2.07. The van der Waals surface area contributed by atoms with Crippen LogP contribution >= 0.6 is 35.0 Å². The maximum atomic E-state index is 14.8. The van der Waals surface area contributed by atoms with Gasteiger partial charge in [0.2, 0.25) is 0 Å². The molecule has 0 atom stereocenters. The predicted octanol–water partition coefficient (Wildman–Crippen LogP) is 6.76. The number of hydrogen-bond donors (Lipinski definition) is 0. The molecule has 7 heteroatoms. The van der Waals surface area contributed by atoms with Crippen molar-refractivity contribution in [2.75, 3.05) is 0 Å². The van der Waals surface area contributed by atoms with Gasteiger partial charge in [-0.05, 0) is 36.4 Å². The first kappa shape index (κ1) is 17.3. The van der Waals surface area contributed by atoms with Gasteiger partial charge in [0.25, 0.3) is 0 Å². The van der Waals surface area contributed by atoms with E-state index in [0.717, 1.165) is 11.8 Å². The van der Waals surface area contributed by atoms with Gasteiger partial charge in [-0.25, -0.2) is 8.78 Å². The Hall–Kier alpha value is -2.08. The summed E-state index contributed by atoms with van der Waals surface area (Å²) >= 11 is 13.7. The molecule has 0 bridgehead atoms. The molecule has 0 fully saturated rings. The van der Waals surface area contributed by atoms with E-state index in [4.69, 9.17) is 23.2 Å². The van der Waals surface area contributed by atoms with E-state index in [1.807, 2.05) is 0 Å². The van der Waals surface area contributed by atoms with Gasteiger partial charge in [0.05, 0.1) is 27.3 Å². The monoisotopic (exact) mass is 406 g/mol. The SMILES string of the molecule is Fc1ccccc1Sc1c(Cl)n(-c2cccnc2)c2c(F)c(Cl)ccc12. The van der Waals surface area contributed by atoms with Crippen molar-refractivity contribution < 1.29 is 8.78 Å². The third kappa shape index (κ3) is 2.86. The van der Waals surface area contributed by atoms with Crippen molar-refractivity contribution in [2.24, 2.45) is 0 Å². The Labute approximate surface area is 162 Å². The minimum Gasteiger partial charge on any atom is -0.295 e. The molecule has 0 unspecified atom stereocenters. The molecular weight excluding hydrogens is 397 g/mol. The van der Waals surface area contributed by atoms with Crippen LogP contribution < -0.4 is 0 Å². The van der Waals surface area contributed by atoms with Crippen LogP contribution in [0.1, 0.15) is 0 Å². The van der Waals surface area contributed by atoms with E-state index in [-0.39, 0.29) is 21.5 Å². The molecule has 4 aromatic rings. The second kappa shape index (κ2) is 6.91. The highest BCUT2D eigenvalue weighted by Crippen LogP contribution is 2.44. The van der Waals surface area contributed by atoms with Crippen molar-refractivity contribution in [3.8, 4) is 5.69 Å². The molecule has 2 heterocycles. The summed E-state index contributed by atoms with van der Waals surface area (Å²) < 4.78 is 30.5. The molecule has 0 aliphatic heterocycles. The summed E-state index contributed by atoms with van der Waals surface area (Å²) in [5.74, 6) is -0.958. The molecule has 2 nitrogen and oxygen atoms in total. The molecule has 2 aromatic carbocycles. The van der Waals surface area contributed by atoms with Gasteiger partial charge in [-0.2, -0.15) is 0 Å². The minimum atomic E-state index is -0.588. The summed E-state index contributed by atoms with van der Waals surface area (Å²) in [5, 5.41) is 0.802. The first-order valence-electron chi connectivity index (χ1n) is 7.58. The Kier molecular flexibility index (Phi) is 4.61. The molecule has 0 spiro atoms. The number of rotatable bonds is 3. The highest BCUT2D eigenvalue weighted by molar-refractivity contribution is 7.99. The number of hydrogen-bond acceptors (Lipinski definition) is 2. The molecule has 0 saturated carbocycles. The van der Waals surface area contributed by atoms with Gasteiger partial charge in [-0.3, -0.25) is 9.55 Å². The fourth-order valence-corrected chi connectivity index (χ4v) is 4.25. The third-order valence-electron chi connectivity index (χ3n) is 3.87. The molecule has 2 aromatic heterocycles. The quantitative estimate of drug-likeness (QED) is 0.373. The Bertz CT molecular complexity index is 1110. The number of aromatic nitrogens is 2. The summed E-state index contributed by atoms with van der Waals surface area (Å²) in [5.41, 5.74) is 0.818. The van der Waals surface area contributed by atoms with E-state index in [1.54, 1.807) is 48.8 Å². The molecule has 0 aliphatic rings. The topological polar surface area (TPSA) is 17.8 Å². The summed E-state index contributed by atoms with van der Waals surface area (Å²) in [6.07, 6.45) is 3.19. The highest BCUT2D eigenvalue weighted by Gasteiger charge is 2.23. The van der Waals surface area contributed by atoms with Crippen molar-refractivity contribution in [1.29, 1.82) is 0 Å². The van der Waals surface area contributed by atoms with Gasteiger partial charge >= 0.3 is 0 Å². The average Bonchev–Trinajstić information content (AvgIpc) is 2.93. The fraction of sp³-hybridized carbons (Fsp3) is 0. The summed E-state index contributed by atoms with van der Waals surface area (Å²) in [4.78, 5) is 5.01. The molecule has 0 radical (unpaired) electrons. The smallest absolute Gasteiger partial charge is 0.166 e. The van der Waals surface area contributed by atoms with E-state index in [1.165, 1.54) is 16.7 Å². The fourth-order valence-electron chi connectivity index (χ4n) is 2.72. The van der Waals surface area contributed by atoms with Gasteiger partial charge in [-0.15, -0.1) is 0 Å². The van der Waals surface area contributed by atoms with Gasteiger partial charge in [0.15, 0.2) is 5.82 Å². The average molecular weight is 407 g/mol. The third-order valence-corrected chi connectivity index (χ3v) is 5.80. The lowest BCUT2D eigenvalue weighted by Crippen LogP contribution is -1.96. The molecule has 0 amide bonds.